The third-order valence-electron chi connectivity index (χ3n) is 9.66. The van der Waals surface area contributed by atoms with E-state index in [0.29, 0.717) is 43.1 Å². The van der Waals surface area contributed by atoms with E-state index in [1.807, 2.05) is 75.4 Å². The maximum Gasteiger partial charge on any atom is 0.289 e. The fraction of sp³-hybridized carbons (Fsp3) is 0.366. The predicted molar refractivity (Wildman–Crippen MR) is 209 cm³/mol. The molecule has 4 amide bonds. The Balaban J connectivity index is 0.944. The van der Waals surface area contributed by atoms with E-state index in [1.54, 1.807) is 37.5 Å². The van der Waals surface area contributed by atoms with Gasteiger partial charge in [0, 0.05) is 30.6 Å². The number of nitrogens with zero attached hydrogens (tertiary/aromatic N) is 3. The van der Waals surface area contributed by atoms with Gasteiger partial charge in [-0.1, -0.05) is 50.2 Å². The minimum absolute atomic E-state index is 0.00838. The van der Waals surface area contributed by atoms with Gasteiger partial charge in [0.1, 0.15) is 33.7 Å². The van der Waals surface area contributed by atoms with Crippen LogP contribution in [0.5, 0.6) is 11.5 Å². The van der Waals surface area contributed by atoms with Gasteiger partial charge in [-0.3, -0.25) is 39.4 Å². The number of aliphatic hydroxyl groups is 1. The standard InChI is InChI=1S/C41H44N4O7S2/c1-5-27-10-17-34(43-22-27)35(46)25-52-32-14-8-29(9-15-32)21-41(4)37(48)45(39(50)54-41)19-18-30-11-16-33(42-23-30)26(2)24-51-31-12-6-28(7-13-31)20-40(3)36(47)44-38(49)53-40/h6-17,22-23,26,35,46H,5,18-21,24-25H2,1-4H3,(H,44,47,49)/t26-,35+,40?,41?/m1/s1. The Morgan fingerprint density at radius 3 is 1.85 bits per heavy atom. The van der Waals surface area contributed by atoms with Crippen molar-refractivity contribution in [2.75, 3.05) is 19.8 Å². The zero-order valence-corrected chi connectivity index (χ0v) is 32.4. The summed E-state index contributed by atoms with van der Waals surface area (Å²) in [5.41, 5.74) is 5.26. The van der Waals surface area contributed by atoms with Crippen molar-refractivity contribution in [1.29, 1.82) is 0 Å². The number of hydrogen-bond donors (Lipinski definition) is 2. The highest BCUT2D eigenvalue weighted by molar-refractivity contribution is 8.16. The van der Waals surface area contributed by atoms with Crippen molar-refractivity contribution in [1.82, 2.24) is 20.2 Å². The lowest BCUT2D eigenvalue weighted by Gasteiger charge is -2.21. The first-order valence-corrected chi connectivity index (χ1v) is 19.6. The fourth-order valence-electron chi connectivity index (χ4n) is 6.29. The van der Waals surface area contributed by atoms with Crippen LogP contribution in [0, 0.1) is 0 Å². The smallest absolute Gasteiger partial charge is 0.289 e. The van der Waals surface area contributed by atoms with Crippen molar-refractivity contribution in [3.05, 3.63) is 119 Å². The summed E-state index contributed by atoms with van der Waals surface area (Å²) < 4.78 is 10.1. The van der Waals surface area contributed by atoms with Crippen molar-refractivity contribution in [3.63, 3.8) is 0 Å². The van der Waals surface area contributed by atoms with Crippen molar-refractivity contribution in [3.8, 4) is 11.5 Å². The minimum atomic E-state index is -0.923. The summed E-state index contributed by atoms with van der Waals surface area (Å²) in [6.45, 7) is 8.39. The molecule has 4 aromatic rings. The molecule has 0 spiro atoms. The molecule has 2 aromatic carbocycles. The quantitative estimate of drug-likeness (QED) is 0.123. The molecule has 4 heterocycles. The second-order valence-corrected chi connectivity index (χ2v) is 17.0. The fourth-order valence-corrected chi connectivity index (χ4v) is 8.34. The van der Waals surface area contributed by atoms with Crippen LogP contribution in [0.3, 0.4) is 0 Å². The van der Waals surface area contributed by atoms with E-state index in [2.05, 4.69) is 15.3 Å². The van der Waals surface area contributed by atoms with Gasteiger partial charge in [-0.25, -0.2) is 0 Å². The third-order valence-corrected chi connectivity index (χ3v) is 11.9. The van der Waals surface area contributed by atoms with E-state index in [9.17, 15) is 24.3 Å². The van der Waals surface area contributed by atoms with Crippen LogP contribution in [0.1, 0.15) is 73.4 Å². The molecule has 2 fully saturated rings. The Kier molecular flexibility index (Phi) is 12.1. The van der Waals surface area contributed by atoms with Crippen molar-refractivity contribution >= 4 is 45.8 Å². The van der Waals surface area contributed by atoms with Gasteiger partial charge in [-0.05, 0) is 122 Å². The molecule has 6 rings (SSSR count). The summed E-state index contributed by atoms with van der Waals surface area (Å²) in [5, 5.41) is 12.2. The number of carbonyl (C=O) groups excluding carboxylic acids is 4. The number of nitrogens with one attached hydrogen (secondary N) is 1. The van der Waals surface area contributed by atoms with Crippen LogP contribution in [0.2, 0.25) is 0 Å². The Morgan fingerprint density at radius 1 is 0.741 bits per heavy atom. The number of hydrogen-bond acceptors (Lipinski definition) is 11. The zero-order chi connectivity index (χ0) is 38.5. The van der Waals surface area contributed by atoms with Crippen LogP contribution in [0.25, 0.3) is 0 Å². The molecule has 2 saturated heterocycles. The number of rotatable bonds is 16. The number of amides is 4. The molecule has 0 bridgehead atoms. The predicted octanol–water partition coefficient (Wildman–Crippen LogP) is 6.86. The van der Waals surface area contributed by atoms with Crippen LogP contribution in [0.4, 0.5) is 9.59 Å². The molecule has 0 saturated carbocycles. The van der Waals surface area contributed by atoms with Crippen LogP contribution >= 0.6 is 23.5 Å². The lowest BCUT2D eigenvalue weighted by atomic mass is 9.98. The largest absolute Gasteiger partial charge is 0.493 e. The molecule has 13 heteroatoms. The van der Waals surface area contributed by atoms with E-state index in [1.165, 1.54) is 4.90 Å². The maximum atomic E-state index is 13.5. The van der Waals surface area contributed by atoms with Crippen molar-refractivity contribution < 1.29 is 33.8 Å². The zero-order valence-electron chi connectivity index (χ0n) is 30.7. The highest BCUT2D eigenvalue weighted by atomic mass is 32.2. The first kappa shape index (κ1) is 39.0. The molecular weight excluding hydrogens is 725 g/mol. The summed E-state index contributed by atoms with van der Waals surface area (Å²) in [6.07, 6.45) is 4.87. The molecule has 4 atom stereocenters. The number of pyridine rings is 2. The van der Waals surface area contributed by atoms with Crippen molar-refractivity contribution in [2.24, 2.45) is 0 Å². The molecule has 282 valence electrons. The highest BCUT2D eigenvalue weighted by Gasteiger charge is 2.49. The van der Waals surface area contributed by atoms with Gasteiger partial charge in [-0.2, -0.15) is 0 Å². The van der Waals surface area contributed by atoms with Gasteiger partial charge >= 0.3 is 0 Å². The van der Waals surface area contributed by atoms with Crippen LogP contribution in [-0.4, -0.2) is 71.5 Å². The Hall–Kier alpha value is -4.72. The van der Waals surface area contributed by atoms with Crippen LogP contribution < -0.4 is 14.8 Å². The minimum Gasteiger partial charge on any atom is -0.493 e. The van der Waals surface area contributed by atoms with Gasteiger partial charge < -0.3 is 14.6 Å². The average Bonchev–Trinajstić information content (AvgIpc) is 3.55. The Morgan fingerprint density at radius 2 is 1.30 bits per heavy atom. The number of benzene rings is 2. The summed E-state index contributed by atoms with van der Waals surface area (Å²) in [7, 11) is 0. The monoisotopic (exact) mass is 768 g/mol. The van der Waals surface area contributed by atoms with Gasteiger partial charge in [0.05, 0.1) is 12.3 Å². The van der Waals surface area contributed by atoms with Gasteiger partial charge in [0.25, 0.3) is 10.5 Å². The Bertz CT molecular complexity index is 1980. The van der Waals surface area contributed by atoms with Gasteiger partial charge in [-0.15, -0.1) is 0 Å². The molecule has 0 radical (unpaired) electrons. The van der Waals surface area contributed by atoms with E-state index in [-0.39, 0.29) is 41.4 Å². The highest BCUT2D eigenvalue weighted by Crippen LogP contribution is 2.40. The second-order valence-electron chi connectivity index (χ2n) is 14.1. The number of aromatic nitrogens is 2. The van der Waals surface area contributed by atoms with E-state index >= 15 is 0 Å². The normalized spacial score (nSPS) is 20.9. The molecule has 11 nitrogen and oxygen atoms in total. The number of imide groups is 2. The molecular formula is C41H44N4O7S2. The van der Waals surface area contributed by atoms with Gasteiger partial charge in [0.2, 0.25) is 11.8 Å². The summed E-state index contributed by atoms with van der Waals surface area (Å²) >= 11 is 2.08. The van der Waals surface area contributed by atoms with Crippen LogP contribution in [-0.2, 0) is 35.3 Å². The number of aliphatic hydroxyl groups excluding tert-OH is 1. The second kappa shape index (κ2) is 16.7. The topological polar surface area (TPSA) is 148 Å². The lowest BCUT2D eigenvalue weighted by Crippen LogP contribution is -2.39. The van der Waals surface area contributed by atoms with Gasteiger partial charge in [0.15, 0.2) is 0 Å². The number of aryl methyl sites for hydroxylation is 1. The lowest BCUT2D eigenvalue weighted by molar-refractivity contribution is -0.129. The average molecular weight is 769 g/mol. The number of thioether (sulfide) groups is 2. The molecule has 2 aliphatic heterocycles. The maximum absolute atomic E-state index is 13.5. The number of carbonyl (C=O) groups is 4. The summed E-state index contributed by atoms with van der Waals surface area (Å²) in [4.78, 5) is 60.6. The first-order chi connectivity index (χ1) is 25.8. The number of ether oxygens (including phenoxy) is 2. The molecule has 2 aromatic heterocycles. The van der Waals surface area contributed by atoms with Crippen LogP contribution in [0.15, 0.2) is 85.2 Å². The van der Waals surface area contributed by atoms with E-state index in [4.69, 9.17) is 9.47 Å². The van der Waals surface area contributed by atoms with E-state index < -0.39 is 15.6 Å². The van der Waals surface area contributed by atoms with Crippen molar-refractivity contribution in [2.45, 2.75) is 74.9 Å². The first-order valence-electron chi connectivity index (χ1n) is 17.9. The Labute approximate surface area is 323 Å². The SMILES string of the molecule is CCc1ccc([C@@H](O)COc2ccc(CC3(C)SC(=O)N(CCc4ccc([C@H](C)COc5ccc(CC6(C)SC(=O)NC6=O)cc5)nc4)C3=O)cc2)nc1. The summed E-state index contributed by atoms with van der Waals surface area (Å²) in [5.74, 6) is 0.813. The molecule has 0 aliphatic carbocycles. The molecule has 2 N–H and O–H groups in total. The molecule has 54 heavy (non-hydrogen) atoms. The summed E-state index contributed by atoms with van der Waals surface area (Å²) in [6, 6.07) is 22.5. The molecule has 2 aliphatic rings. The third kappa shape index (κ3) is 9.31. The van der Waals surface area contributed by atoms with E-state index in [0.717, 1.165) is 57.9 Å². The molecule has 2 unspecified atom stereocenters.